The number of aromatic nitrogens is 6. The van der Waals surface area contributed by atoms with E-state index in [1.807, 2.05) is 0 Å². The van der Waals surface area contributed by atoms with Crippen LogP contribution in [0.3, 0.4) is 0 Å². The smallest absolute Gasteiger partial charge is 0.335 e. The minimum absolute atomic E-state index is 0.131. The van der Waals surface area contributed by atoms with Crippen LogP contribution in [0.5, 0.6) is 0 Å². The van der Waals surface area contributed by atoms with Gasteiger partial charge in [-0.2, -0.15) is 26.3 Å². The summed E-state index contributed by atoms with van der Waals surface area (Å²) in [6.07, 6.45) is -7.01. The van der Waals surface area contributed by atoms with Crippen LogP contribution >= 0.6 is 11.8 Å². The summed E-state index contributed by atoms with van der Waals surface area (Å²) in [5.74, 6) is 3.51. The first-order valence-corrected chi connectivity index (χ1v) is 7.69. The summed E-state index contributed by atoms with van der Waals surface area (Å²) < 4.78 is 77.6. The number of alkyl halides is 6. The molecule has 3 aromatic rings. The molecule has 0 radical (unpaired) electrons. The molecule has 0 spiro atoms. The second-order valence-corrected chi connectivity index (χ2v) is 5.91. The molecule has 0 saturated heterocycles. The third-order valence-electron chi connectivity index (χ3n) is 3.05. The summed E-state index contributed by atoms with van der Waals surface area (Å²) in [7, 11) is 0. The maximum absolute atomic E-state index is 13.1. The average Bonchev–Trinajstić information content (AvgIpc) is 2.95. The number of hydrogen-bond donors (Lipinski definition) is 1. The number of nitrogen functional groups attached to an aromatic ring is 1. The van der Waals surface area contributed by atoms with Crippen LogP contribution in [0.2, 0.25) is 0 Å². The maximum Gasteiger partial charge on any atom is 0.453 e. The molecule has 3 heterocycles. The number of halogens is 6. The van der Waals surface area contributed by atoms with Crippen molar-refractivity contribution < 1.29 is 26.3 Å². The van der Waals surface area contributed by atoms with Crippen molar-refractivity contribution in [1.29, 1.82) is 0 Å². The van der Waals surface area contributed by atoms with Crippen LogP contribution in [-0.2, 0) is 12.4 Å². The Morgan fingerprint density at radius 1 is 0.926 bits per heavy atom. The predicted octanol–water partition coefficient (Wildman–Crippen LogP) is 3.03. The Labute approximate surface area is 150 Å². The van der Waals surface area contributed by atoms with Gasteiger partial charge in [-0.1, -0.05) is 0 Å². The van der Waals surface area contributed by atoms with Crippen LogP contribution in [0.25, 0.3) is 11.4 Å². The fourth-order valence-corrected chi connectivity index (χ4v) is 2.64. The molecule has 0 aliphatic carbocycles. The second-order valence-electron chi connectivity index (χ2n) is 4.92. The predicted molar refractivity (Wildman–Crippen MR) is 79.6 cm³/mol. The highest BCUT2D eigenvalue weighted by molar-refractivity contribution is 7.99. The van der Waals surface area contributed by atoms with Crippen LogP contribution in [0.4, 0.5) is 26.3 Å². The van der Waals surface area contributed by atoms with Gasteiger partial charge in [0.2, 0.25) is 5.16 Å². The van der Waals surface area contributed by atoms with E-state index in [1.165, 1.54) is 24.5 Å². The lowest BCUT2D eigenvalue weighted by atomic mass is 10.2. The molecule has 2 N–H and O–H groups in total. The lowest BCUT2D eigenvalue weighted by molar-refractivity contribution is -0.146. The van der Waals surface area contributed by atoms with E-state index >= 15 is 0 Å². The number of pyridine rings is 1. The van der Waals surface area contributed by atoms with Crippen molar-refractivity contribution in [2.75, 3.05) is 5.84 Å². The highest BCUT2D eigenvalue weighted by Gasteiger charge is 2.39. The third-order valence-corrected chi connectivity index (χ3v) is 3.92. The number of nitrogens with two attached hydrogens (primary N) is 1. The van der Waals surface area contributed by atoms with Crippen LogP contribution in [-0.4, -0.2) is 29.8 Å². The Morgan fingerprint density at radius 3 is 2.15 bits per heavy atom. The molecule has 0 fully saturated rings. The Morgan fingerprint density at radius 2 is 1.59 bits per heavy atom. The van der Waals surface area contributed by atoms with Crippen molar-refractivity contribution in [3.05, 3.63) is 42.1 Å². The van der Waals surface area contributed by atoms with Gasteiger partial charge in [0.15, 0.2) is 5.82 Å². The van der Waals surface area contributed by atoms with Gasteiger partial charge >= 0.3 is 12.4 Å². The van der Waals surface area contributed by atoms with E-state index < -0.39 is 29.0 Å². The highest BCUT2D eigenvalue weighted by atomic mass is 32.2. The molecule has 0 amide bonds. The molecule has 0 bridgehead atoms. The van der Waals surface area contributed by atoms with Crippen molar-refractivity contribution in [3.63, 3.8) is 0 Å². The Balaban J connectivity index is 2.04. The molecule has 7 nitrogen and oxygen atoms in total. The standard InChI is InChI=1S/C13H7F6N7S/c14-12(15,16)7-5-8(23-9(22-7)6-1-3-21-4-2-6)27-11-25-24-10(26(11)20)13(17,18)19/h1-5H,20H2. The summed E-state index contributed by atoms with van der Waals surface area (Å²) >= 11 is 0.388. The molecule has 3 aromatic heterocycles. The largest absolute Gasteiger partial charge is 0.453 e. The SMILES string of the molecule is Nn1c(Sc2cc(C(F)(F)F)nc(-c3ccncc3)n2)nnc1C(F)(F)F. The molecule has 0 unspecified atom stereocenters. The van der Waals surface area contributed by atoms with Gasteiger partial charge in [-0.05, 0) is 23.9 Å². The molecule has 27 heavy (non-hydrogen) atoms. The van der Waals surface area contributed by atoms with Gasteiger partial charge in [-0.3, -0.25) is 4.98 Å². The van der Waals surface area contributed by atoms with Crippen LogP contribution in [0.15, 0.2) is 40.8 Å². The molecular formula is C13H7F6N7S. The molecule has 14 heteroatoms. The normalized spacial score (nSPS) is 12.4. The van der Waals surface area contributed by atoms with E-state index in [9.17, 15) is 26.3 Å². The summed E-state index contributed by atoms with van der Waals surface area (Å²) in [6.45, 7) is 0. The maximum atomic E-state index is 13.1. The quantitative estimate of drug-likeness (QED) is 0.405. The molecule has 0 atom stereocenters. The first-order chi connectivity index (χ1) is 12.6. The van der Waals surface area contributed by atoms with E-state index in [0.717, 1.165) is 0 Å². The minimum Gasteiger partial charge on any atom is -0.335 e. The molecule has 0 aromatic carbocycles. The lowest BCUT2D eigenvalue weighted by Gasteiger charge is -2.10. The van der Waals surface area contributed by atoms with Crippen molar-refractivity contribution in [3.8, 4) is 11.4 Å². The number of nitrogens with zero attached hydrogens (tertiary/aromatic N) is 6. The van der Waals surface area contributed by atoms with Crippen molar-refractivity contribution in [2.45, 2.75) is 22.5 Å². The molecule has 0 aliphatic rings. The Kier molecular flexibility index (Phi) is 4.67. The molecule has 0 saturated carbocycles. The number of hydrogen-bond acceptors (Lipinski definition) is 7. The Bertz CT molecular complexity index is 954. The highest BCUT2D eigenvalue weighted by Crippen LogP contribution is 2.35. The van der Waals surface area contributed by atoms with E-state index in [4.69, 9.17) is 5.84 Å². The van der Waals surface area contributed by atoms with Gasteiger partial charge in [0.05, 0.1) is 0 Å². The van der Waals surface area contributed by atoms with Gasteiger partial charge in [0.1, 0.15) is 10.7 Å². The summed E-state index contributed by atoms with van der Waals surface area (Å²) in [4.78, 5) is 11.1. The van der Waals surface area contributed by atoms with Crippen LogP contribution in [0.1, 0.15) is 11.5 Å². The van der Waals surface area contributed by atoms with Crippen LogP contribution in [0, 0.1) is 0 Å². The summed E-state index contributed by atoms with van der Waals surface area (Å²) in [5, 5.41) is 5.35. The monoisotopic (exact) mass is 407 g/mol. The first kappa shape index (κ1) is 18.9. The minimum atomic E-state index is -4.87. The van der Waals surface area contributed by atoms with Gasteiger partial charge in [0, 0.05) is 24.0 Å². The zero-order valence-corrected chi connectivity index (χ0v) is 13.6. The summed E-state index contributed by atoms with van der Waals surface area (Å²) in [6, 6.07) is 3.35. The van der Waals surface area contributed by atoms with E-state index in [0.29, 0.717) is 17.8 Å². The fraction of sp³-hybridized carbons (Fsp3) is 0.154. The average molecular weight is 407 g/mol. The van der Waals surface area contributed by atoms with Crippen molar-refractivity contribution in [1.82, 2.24) is 29.8 Å². The molecule has 142 valence electrons. The van der Waals surface area contributed by atoms with E-state index in [2.05, 4.69) is 25.1 Å². The lowest BCUT2D eigenvalue weighted by Crippen LogP contribution is -2.21. The molecular weight excluding hydrogens is 400 g/mol. The zero-order chi connectivity index (χ0) is 19.8. The summed E-state index contributed by atoms with van der Waals surface area (Å²) in [5.41, 5.74) is -1.03. The first-order valence-electron chi connectivity index (χ1n) is 6.88. The zero-order valence-electron chi connectivity index (χ0n) is 12.8. The fourth-order valence-electron chi connectivity index (χ4n) is 1.89. The number of rotatable bonds is 3. The molecule has 0 aliphatic heterocycles. The van der Waals surface area contributed by atoms with Gasteiger partial charge in [-0.25, -0.2) is 14.6 Å². The van der Waals surface area contributed by atoms with E-state index in [-0.39, 0.29) is 21.1 Å². The topological polar surface area (TPSA) is 95.4 Å². The van der Waals surface area contributed by atoms with Gasteiger partial charge in [0.25, 0.3) is 5.82 Å². The van der Waals surface area contributed by atoms with Crippen LogP contribution < -0.4 is 5.84 Å². The van der Waals surface area contributed by atoms with E-state index in [1.54, 1.807) is 0 Å². The van der Waals surface area contributed by atoms with Gasteiger partial charge in [-0.15, -0.1) is 10.2 Å². The van der Waals surface area contributed by atoms with Gasteiger partial charge < -0.3 is 5.84 Å². The third kappa shape index (κ3) is 4.10. The second kappa shape index (κ2) is 6.68. The Hall–Kier alpha value is -2.90. The van der Waals surface area contributed by atoms with Crippen molar-refractivity contribution in [2.24, 2.45) is 0 Å². The van der Waals surface area contributed by atoms with Crippen molar-refractivity contribution >= 4 is 11.8 Å². The molecule has 3 rings (SSSR count).